The van der Waals surface area contributed by atoms with Gasteiger partial charge in [0.25, 0.3) is 0 Å². The molecule has 0 N–H and O–H groups in total. The summed E-state index contributed by atoms with van der Waals surface area (Å²) < 4.78 is 5.86. The van der Waals surface area contributed by atoms with Gasteiger partial charge in [-0.1, -0.05) is 42.8 Å². The van der Waals surface area contributed by atoms with Crippen LogP contribution in [0.1, 0.15) is 49.1 Å². The Labute approximate surface area is 199 Å². The van der Waals surface area contributed by atoms with E-state index < -0.39 is 0 Å². The predicted octanol–water partition coefficient (Wildman–Crippen LogP) is 4.84. The molecule has 0 aliphatic carbocycles. The molecule has 2 aliphatic rings. The van der Waals surface area contributed by atoms with Crippen LogP contribution >= 0.6 is 0 Å². The number of piperidine rings is 1. The molecular weight excluding hydrogens is 410 g/mol. The predicted molar refractivity (Wildman–Crippen MR) is 135 cm³/mol. The molecule has 0 spiro atoms. The fourth-order valence-corrected chi connectivity index (χ4v) is 5.18. The Morgan fingerprint density at radius 3 is 2.45 bits per heavy atom. The van der Waals surface area contributed by atoms with E-state index >= 15 is 0 Å². The number of anilines is 2. The van der Waals surface area contributed by atoms with Crippen LogP contribution < -0.4 is 4.90 Å². The van der Waals surface area contributed by atoms with Gasteiger partial charge in [-0.05, 0) is 89.1 Å². The number of likely N-dealkylation sites (tertiary alicyclic amines) is 1. The van der Waals surface area contributed by atoms with Crippen LogP contribution in [0.25, 0.3) is 0 Å². The van der Waals surface area contributed by atoms with Crippen molar-refractivity contribution in [1.29, 1.82) is 0 Å². The zero-order valence-corrected chi connectivity index (χ0v) is 20.3. The Kier molecular flexibility index (Phi) is 8.40. The maximum Gasteiger partial charge on any atom is 0.313 e. The Morgan fingerprint density at radius 2 is 1.67 bits per heavy atom. The molecule has 0 unspecified atom stereocenters. The van der Waals surface area contributed by atoms with E-state index in [0.29, 0.717) is 13.0 Å². The number of hydrogen-bond donors (Lipinski definition) is 0. The summed E-state index contributed by atoms with van der Waals surface area (Å²) in [6.07, 6.45) is 6.59. The number of rotatable bonds is 9. The van der Waals surface area contributed by atoms with Crippen LogP contribution in [0.2, 0.25) is 0 Å². The van der Waals surface area contributed by atoms with Crippen molar-refractivity contribution in [2.24, 2.45) is 0 Å². The lowest BCUT2D eigenvalue weighted by atomic mass is 9.92. The minimum atomic E-state index is -0.267. The van der Waals surface area contributed by atoms with Crippen molar-refractivity contribution in [3.8, 4) is 0 Å². The number of esters is 1. The molecule has 5 nitrogen and oxygen atoms in total. The highest BCUT2D eigenvalue weighted by atomic mass is 16.5. The molecule has 2 aromatic rings. The third-order valence-electron chi connectivity index (χ3n) is 6.89. The molecule has 0 amide bonds. The van der Waals surface area contributed by atoms with E-state index in [1.807, 2.05) is 6.07 Å². The number of ether oxygens (including phenoxy) is 1. The van der Waals surface area contributed by atoms with Gasteiger partial charge in [-0.3, -0.25) is 4.79 Å². The lowest BCUT2D eigenvalue weighted by Gasteiger charge is -2.28. The van der Waals surface area contributed by atoms with E-state index in [1.165, 1.54) is 43.6 Å². The molecule has 2 aromatic carbocycles. The number of hydrogen-bond acceptors (Lipinski definition) is 5. The van der Waals surface area contributed by atoms with E-state index in [4.69, 9.17) is 4.74 Å². The van der Waals surface area contributed by atoms with Crippen molar-refractivity contribution in [3.05, 3.63) is 59.7 Å². The van der Waals surface area contributed by atoms with Gasteiger partial charge in [0, 0.05) is 24.5 Å². The first-order chi connectivity index (χ1) is 16.1. The SMILES string of the molecule is CN(C)CCCN1c2ccccc2C[C@@H](C(=O)OCCCN2CCCCC2)c2ccccc21. The van der Waals surface area contributed by atoms with Gasteiger partial charge in [0.15, 0.2) is 0 Å². The highest BCUT2D eigenvalue weighted by Crippen LogP contribution is 2.41. The lowest BCUT2D eigenvalue weighted by Crippen LogP contribution is -2.31. The minimum absolute atomic E-state index is 0.0916. The van der Waals surface area contributed by atoms with Gasteiger partial charge < -0.3 is 19.4 Å². The second-order valence-electron chi connectivity index (χ2n) is 9.68. The van der Waals surface area contributed by atoms with Crippen molar-refractivity contribution in [3.63, 3.8) is 0 Å². The number of benzene rings is 2. The van der Waals surface area contributed by atoms with Gasteiger partial charge in [0.2, 0.25) is 0 Å². The molecule has 1 saturated heterocycles. The lowest BCUT2D eigenvalue weighted by molar-refractivity contribution is -0.145. The monoisotopic (exact) mass is 449 g/mol. The molecule has 33 heavy (non-hydrogen) atoms. The van der Waals surface area contributed by atoms with E-state index in [2.05, 4.69) is 71.3 Å². The average Bonchev–Trinajstić information content (AvgIpc) is 2.97. The van der Waals surface area contributed by atoms with Crippen molar-refractivity contribution in [1.82, 2.24) is 9.80 Å². The first-order valence-corrected chi connectivity index (χ1v) is 12.6. The molecule has 1 fully saturated rings. The fourth-order valence-electron chi connectivity index (χ4n) is 5.18. The summed E-state index contributed by atoms with van der Waals surface area (Å²) in [5.74, 6) is -0.359. The number of para-hydroxylation sites is 2. The number of nitrogens with zero attached hydrogens (tertiary/aromatic N) is 3. The smallest absolute Gasteiger partial charge is 0.313 e. The quantitative estimate of drug-likeness (QED) is 0.405. The summed E-state index contributed by atoms with van der Waals surface area (Å²) in [7, 11) is 4.23. The first-order valence-electron chi connectivity index (χ1n) is 12.6. The summed E-state index contributed by atoms with van der Waals surface area (Å²) in [5, 5.41) is 0. The standard InChI is InChI=1S/C28H39N3O2/c1-29(2)16-10-20-31-26-14-6-4-12-23(26)22-25(24-13-5-7-15-27(24)31)28(32)33-21-11-19-30-17-8-3-9-18-30/h4-7,12-15,25H,3,8-11,16-22H2,1-2H3/t25-/m1/s1. The molecule has 178 valence electrons. The maximum atomic E-state index is 13.3. The minimum Gasteiger partial charge on any atom is -0.465 e. The molecule has 0 saturated carbocycles. The highest BCUT2D eigenvalue weighted by Gasteiger charge is 2.31. The molecule has 1 atom stereocenters. The van der Waals surface area contributed by atoms with Crippen LogP contribution in [0.4, 0.5) is 11.4 Å². The molecule has 2 heterocycles. The van der Waals surface area contributed by atoms with Crippen LogP contribution in [0.3, 0.4) is 0 Å². The van der Waals surface area contributed by atoms with Crippen LogP contribution in [0.15, 0.2) is 48.5 Å². The van der Waals surface area contributed by atoms with Crippen LogP contribution in [0.5, 0.6) is 0 Å². The molecule has 0 bridgehead atoms. The van der Waals surface area contributed by atoms with Crippen LogP contribution in [-0.4, -0.2) is 69.2 Å². The van der Waals surface area contributed by atoms with E-state index in [0.717, 1.165) is 43.7 Å². The summed E-state index contributed by atoms with van der Waals surface area (Å²) in [5.41, 5.74) is 4.65. The summed E-state index contributed by atoms with van der Waals surface area (Å²) >= 11 is 0. The summed E-state index contributed by atoms with van der Waals surface area (Å²) in [6.45, 7) is 5.85. The topological polar surface area (TPSA) is 36.0 Å². The number of carbonyl (C=O) groups excluding carboxylic acids is 1. The third kappa shape index (κ3) is 6.15. The van der Waals surface area contributed by atoms with Gasteiger partial charge in [-0.2, -0.15) is 0 Å². The second-order valence-corrected chi connectivity index (χ2v) is 9.68. The molecule has 5 heteroatoms. The van der Waals surface area contributed by atoms with Gasteiger partial charge >= 0.3 is 5.97 Å². The third-order valence-corrected chi connectivity index (χ3v) is 6.89. The summed E-state index contributed by atoms with van der Waals surface area (Å²) in [4.78, 5) is 20.4. The maximum absolute atomic E-state index is 13.3. The molecule has 0 aromatic heterocycles. The molecule has 4 rings (SSSR count). The molecular formula is C28H39N3O2. The van der Waals surface area contributed by atoms with Gasteiger partial charge in [0.1, 0.15) is 0 Å². The number of carbonyl (C=O) groups is 1. The van der Waals surface area contributed by atoms with Crippen molar-refractivity contribution >= 4 is 17.3 Å². The van der Waals surface area contributed by atoms with Crippen LogP contribution in [-0.2, 0) is 16.0 Å². The first kappa shape index (κ1) is 23.8. The average molecular weight is 450 g/mol. The molecule has 2 aliphatic heterocycles. The van der Waals surface area contributed by atoms with Crippen LogP contribution in [0, 0.1) is 0 Å². The Morgan fingerprint density at radius 1 is 0.939 bits per heavy atom. The van der Waals surface area contributed by atoms with Gasteiger partial charge in [-0.25, -0.2) is 0 Å². The Hall–Kier alpha value is -2.37. The zero-order chi connectivity index (χ0) is 23.0. The van der Waals surface area contributed by atoms with E-state index in [9.17, 15) is 4.79 Å². The Balaban J connectivity index is 1.49. The van der Waals surface area contributed by atoms with E-state index in [1.54, 1.807) is 0 Å². The normalized spacial score (nSPS) is 18.5. The largest absolute Gasteiger partial charge is 0.465 e. The Bertz CT molecular complexity index is 908. The number of fused-ring (bicyclic) bond motifs is 2. The fraction of sp³-hybridized carbons (Fsp3) is 0.536. The summed E-state index contributed by atoms with van der Waals surface area (Å²) in [6, 6.07) is 16.9. The van der Waals surface area contributed by atoms with Crippen molar-refractivity contribution < 1.29 is 9.53 Å². The van der Waals surface area contributed by atoms with Crippen molar-refractivity contribution in [2.75, 3.05) is 58.3 Å². The molecule has 0 radical (unpaired) electrons. The van der Waals surface area contributed by atoms with Gasteiger partial charge in [-0.15, -0.1) is 0 Å². The highest BCUT2D eigenvalue weighted by molar-refractivity contribution is 5.85. The van der Waals surface area contributed by atoms with Crippen molar-refractivity contribution in [2.45, 2.75) is 44.4 Å². The van der Waals surface area contributed by atoms with Gasteiger partial charge in [0.05, 0.1) is 12.5 Å². The zero-order valence-electron chi connectivity index (χ0n) is 20.3. The second kappa shape index (κ2) is 11.7. The van der Waals surface area contributed by atoms with E-state index in [-0.39, 0.29) is 11.9 Å².